The van der Waals surface area contributed by atoms with Gasteiger partial charge in [-0.05, 0) is 43.3 Å². The van der Waals surface area contributed by atoms with Crippen LogP contribution >= 0.6 is 0 Å². The Morgan fingerprint density at radius 3 is 1.96 bits per heavy atom. The van der Waals surface area contributed by atoms with Gasteiger partial charge in [-0.2, -0.15) is 8.42 Å². The average molecular weight is 372 g/mol. The van der Waals surface area contributed by atoms with Gasteiger partial charge in [0.15, 0.2) is 0 Å². The first-order valence-electron chi connectivity index (χ1n) is 7.01. The number of sulfonamides is 1. The molecule has 6 nitrogen and oxygen atoms in total. The quantitative estimate of drug-likeness (QED) is 0.729. The van der Waals surface area contributed by atoms with Crippen LogP contribution in [0.3, 0.4) is 0 Å². The number of benzene rings is 2. The third kappa shape index (κ3) is 5.50. The van der Waals surface area contributed by atoms with Crippen LogP contribution in [0, 0.1) is 6.92 Å². The summed E-state index contributed by atoms with van der Waals surface area (Å²) in [7, 11) is -8.19. The molecule has 2 aromatic carbocycles. The molecule has 0 atom stereocenters. The van der Waals surface area contributed by atoms with E-state index in [-0.39, 0.29) is 11.4 Å². The third-order valence-electron chi connectivity index (χ3n) is 3.14. The van der Waals surface area contributed by atoms with Crippen molar-refractivity contribution in [3.05, 3.63) is 54.1 Å². The topological polar surface area (TPSA) is 92.3 Å². The van der Waals surface area contributed by atoms with E-state index in [9.17, 15) is 20.7 Å². The maximum atomic E-state index is 12.4. The second kappa shape index (κ2) is 7.18. The zero-order chi connectivity index (χ0) is 17.8. The van der Waals surface area contributed by atoms with E-state index in [0.29, 0.717) is 11.4 Å². The molecule has 0 aliphatic carbocycles. The second-order valence-electron chi connectivity index (χ2n) is 5.17. The summed E-state index contributed by atoms with van der Waals surface area (Å²) in [6.45, 7) is 1.79. The molecule has 0 saturated carbocycles. The summed E-state index contributed by atoms with van der Waals surface area (Å²) < 4.78 is 60.1. The van der Waals surface area contributed by atoms with E-state index in [1.807, 2.05) is 6.92 Å². The summed E-state index contributed by atoms with van der Waals surface area (Å²) in [6, 6.07) is 12.6. The maximum absolute atomic E-state index is 12.4. The molecule has 0 aliphatic rings. The van der Waals surface area contributed by atoms with Gasteiger partial charge in [0.1, 0.15) is 0 Å². The SMILES string of the molecule is Cc1ccc(S(=O)(=O)Nc2ccc(NCCS(=O)(=O)F)cc2)cc1. The lowest BCUT2D eigenvalue weighted by atomic mass is 10.2. The van der Waals surface area contributed by atoms with Crippen LogP contribution in [0.1, 0.15) is 5.56 Å². The van der Waals surface area contributed by atoms with Gasteiger partial charge in [-0.1, -0.05) is 17.7 Å². The summed E-state index contributed by atoms with van der Waals surface area (Å²) in [5.74, 6) is -0.630. The molecule has 0 fully saturated rings. The Balaban J connectivity index is 2.02. The second-order valence-corrected chi connectivity index (χ2v) is 8.33. The zero-order valence-corrected chi connectivity index (χ0v) is 14.5. The molecule has 2 rings (SSSR count). The first-order valence-corrected chi connectivity index (χ1v) is 10.0. The van der Waals surface area contributed by atoms with Crippen molar-refractivity contribution in [3.8, 4) is 0 Å². The highest BCUT2D eigenvalue weighted by molar-refractivity contribution is 7.92. The monoisotopic (exact) mass is 372 g/mol. The van der Waals surface area contributed by atoms with Gasteiger partial charge < -0.3 is 5.32 Å². The van der Waals surface area contributed by atoms with Gasteiger partial charge in [-0.3, -0.25) is 4.72 Å². The van der Waals surface area contributed by atoms with Crippen molar-refractivity contribution in [1.29, 1.82) is 0 Å². The van der Waals surface area contributed by atoms with E-state index in [2.05, 4.69) is 10.0 Å². The Kier molecular flexibility index (Phi) is 5.45. The molecule has 0 spiro atoms. The minimum atomic E-state index is -4.51. The fourth-order valence-corrected chi connectivity index (χ4v) is 3.31. The van der Waals surface area contributed by atoms with E-state index < -0.39 is 26.0 Å². The molecular weight excluding hydrogens is 355 g/mol. The van der Waals surface area contributed by atoms with E-state index in [1.165, 1.54) is 24.3 Å². The minimum absolute atomic E-state index is 0.0761. The number of rotatable bonds is 7. The average Bonchev–Trinajstić information content (AvgIpc) is 2.48. The molecule has 2 N–H and O–H groups in total. The van der Waals surface area contributed by atoms with E-state index >= 15 is 0 Å². The standard InChI is InChI=1S/C15H17FN2O4S2/c1-12-2-8-15(9-3-12)24(21,22)18-14-6-4-13(5-7-14)17-10-11-23(16,19)20/h2-9,17-18H,10-11H2,1H3. The predicted molar refractivity (Wildman–Crippen MR) is 91.8 cm³/mol. The molecule has 130 valence electrons. The molecule has 0 bridgehead atoms. The molecule has 0 aromatic heterocycles. The Labute approximate surface area is 141 Å². The van der Waals surface area contributed by atoms with E-state index in [1.54, 1.807) is 24.3 Å². The number of halogens is 1. The maximum Gasteiger partial charge on any atom is 0.304 e. The van der Waals surface area contributed by atoms with Gasteiger partial charge in [0, 0.05) is 17.9 Å². The molecule has 0 aliphatic heterocycles. The van der Waals surface area contributed by atoms with Crippen molar-refractivity contribution in [2.45, 2.75) is 11.8 Å². The lowest BCUT2D eigenvalue weighted by molar-refractivity contribution is 0.552. The number of anilines is 2. The molecule has 0 amide bonds. The molecular formula is C15H17FN2O4S2. The van der Waals surface area contributed by atoms with Crippen molar-refractivity contribution in [1.82, 2.24) is 0 Å². The lowest BCUT2D eigenvalue weighted by Crippen LogP contribution is -2.13. The van der Waals surface area contributed by atoms with Crippen molar-refractivity contribution in [3.63, 3.8) is 0 Å². The van der Waals surface area contributed by atoms with Crippen LogP contribution in [0.4, 0.5) is 15.3 Å². The molecule has 0 heterocycles. The molecule has 0 radical (unpaired) electrons. The van der Waals surface area contributed by atoms with Gasteiger partial charge in [0.05, 0.1) is 10.6 Å². The lowest BCUT2D eigenvalue weighted by Gasteiger charge is -2.10. The van der Waals surface area contributed by atoms with Gasteiger partial charge in [0.2, 0.25) is 0 Å². The number of aryl methyl sites for hydroxylation is 1. The van der Waals surface area contributed by atoms with Crippen molar-refractivity contribution < 1.29 is 20.7 Å². The van der Waals surface area contributed by atoms with Crippen LogP contribution in [0.5, 0.6) is 0 Å². The van der Waals surface area contributed by atoms with Crippen LogP contribution in [0.25, 0.3) is 0 Å². The molecule has 0 unspecified atom stereocenters. The normalized spacial score (nSPS) is 11.9. The smallest absolute Gasteiger partial charge is 0.304 e. The summed E-state index contributed by atoms with van der Waals surface area (Å²) in [4.78, 5) is 0.156. The van der Waals surface area contributed by atoms with Gasteiger partial charge in [-0.15, -0.1) is 3.89 Å². The molecule has 24 heavy (non-hydrogen) atoms. The zero-order valence-electron chi connectivity index (χ0n) is 12.9. The van der Waals surface area contributed by atoms with Crippen molar-refractivity contribution >= 4 is 31.6 Å². The Hall–Kier alpha value is -2.13. The number of hydrogen-bond acceptors (Lipinski definition) is 5. The summed E-state index contributed by atoms with van der Waals surface area (Å²) in [5, 5.41) is 2.73. The highest BCUT2D eigenvalue weighted by Crippen LogP contribution is 2.18. The minimum Gasteiger partial charge on any atom is -0.384 e. The Bertz CT molecular complexity index is 893. The van der Waals surface area contributed by atoms with Gasteiger partial charge in [-0.25, -0.2) is 8.42 Å². The highest BCUT2D eigenvalue weighted by Gasteiger charge is 2.13. The Morgan fingerprint density at radius 2 is 1.42 bits per heavy atom. The first kappa shape index (κ1) is 18.2. The number of hydrogen-bond donors (Lipinski definition) is 2. The predicted octanol–water partition coefficient (Wildman–Crippen LogP) is 2.51. The van der Waals surface area contributed by atoms with E-state index in [0.717, 1.165) is 5.56 Å². The van der Waals surface area contributed by atoms with Crippen LogP contribution < -0.4 is 10.0 Å². The van der Waals surface area contributed by atoms with Gasteiger partial charge >= 0.3 is 10.2 Å². The summed E-state index contributed by atoms with van der Waals surface area (Å²) in [5.41, 5.74) is 1.87. The fraction of sp³-hybridized carbons (Fsp3) is 0.200. The molecule has 9 heteroatoms. The van der Waals surface area contributed by atoms with Crippen LogP contribution in [-0.4, -0.2) is 29.1 Å². The van der Waals surface area contributed by atoms with Crippen LogP contribution in [-0.2, 0) is 20.2 Å². The number of nitrogens with one attached hydrogen (secondary N) is 2. The van der Waals surface area contributed by atoms with E-state index in [4.69, 9.17) is 0 Å². The van der Waals surface area contributed by atoms with Gasteiger partial charge in [0.25, 0.3) is 10.0 Å². The van der Waals surface area contributed by atoms with Crippen molar-refractivity contribution in [2.75, 3.05) is 22.3 Å². The third-order valence-corrected chi connectivity index (χ3v) is 5.23. The largest absolute Gasteiger partial charge is 0.384 e. The summed E-state index contributed by atoms with van der Waals surface area (Å²) >= 11 is 0. The fourth-order valence-electron chi connectivity index (χ4n) is 1.90. The summed E-state index contributed by atoms with van der Waals surface area (Å²) in [6.07, 6.45) is 0. The van der Waals surface area contributed by atoms with Crippen molar-refractivity contribution in [2.24, 2.45) is 0 Å². The highest BCUT2D eigenvalue weighted by atomic mass is 32.3. The van der Waals surface area contributed by atoms with Crippen LogP contribution in [0.15, 0.2) is 53.4 Å². The Morgan fingerprint density at radius 1 is 0.875 bits per heavy atom. The first-order chi connectivity index (χ1) is 11.2. The molecule has 2 aromatic rings. The molecule has 0 saturated heterocycles. The van der Waals surface area contributed by atoms with Crippen LogP contribution in [0.2, 0.25) is 0 Å².